The van der Waals surface area contributed by atoms with Gasteiger partial charge in [-0.1, -0.05) is 0 Å². The van der Waals surface area contributed by atoms with Crippen LogP contribution in [0.2, 0.25) is 0 Å². The number of nitrogens with zero attached hydrogens (tertiary/aromatic N) is 1. The molecule has 2 aromatic carbocycles. The van der Waals surface area contributed by atoms with Gasteiger partial charge in [-0.05, 0) is 37.3 Å². The van der Waals surface area contributed by atoms with Crippen molar-refractivity contribution in [3.05, 3.63) is 65.4 Å². The van der Waals surface area contributed by atoms with Crippen molar-refractivity contribution in [3.63, 3.8) is 0 Å². The molecule has 0 aliphatic heterocycles. The second-order valence-electron chi connectivity index (χ2n) is 6.47. The van der Waals surface area contributed by atoms with Gasteiger partial charge in [0, 0.05) is 23.7 Å². The first-order chi connectivity index (χ1) is 14.1. The van der Waals surface area contributed by atoms with Crippen LogP contribution in [0.15, 0.2) is 42.6 Å². The molecule has 5 nitrogen and oxygen atoms in total. The predicted molar refractivity (Wildman–Crippen MR) is 97.2 cm³/mol. The number of aromatic nitrogens is 1. The first-order valence-corrected chi connectivity index (χ1v) is 8.64. The molecule has 0 aliphatic rings. The Kier molecular flexibility index (Phi) is 5.88. The number of nitrogens with one attached hydrogen (secondary N) is 1. The van der Waals surface area contributed by atoms with Gasteiger partial charge in [0.2, 0.25) is 0 Å². The predicted octanol–water partition coefficient (Wildman–Crippen LogP) is 4.43. The summed E-state index contributed by atoms with van der Waals surface area (Å²) in [7, 11) is 0. The first-order valence-electron chi connectivity index (χ1n) is 8.64. The van der Waals surface area contributed by atoms with Crippen molar-refractivity contribution in [2.24, 2.45) is 0 Å². The molecule has 0 bridgehead atoms. The number of aliphatic hydroxyl groups is 1. The van der Waals surface area contributed by atoms with Crippen LogP contribution >= 0.6 is 0 Å². The number of fused-ring (bicyclic) bond motifs is 1. The van der Waals surface area contributed by atoms with Crippen LogP contribution in [-0.2, 0) is 6.18 Å². The molecule has 1 atom stereocenters. The molecule has 2 N–H and O–H groups in total. The molecule has 10 heteroatoms. The fourth-order valence-electron chi connectivity index (χ4n) is 2.60. The standard InChI is InChI=1S/C20H15F5N2O3/c1-10(9-28)27-19(29)11-6-14-17(22)15(21)7-16(18(14)26-8-11)30-13-4-2-12(3-5-13)20(23,24)25/h2-8,10,28H,9H2,1H3,(H,27,29). The van der Waals surface area contributed by atoms with Crippen LogP contribution in [0.25, 0.3) is 10.9 Å². The van der Waals surface area contributed by atoms with Gasteiger partial charge in [0.15, 0.2) is 17.4 Å². The molecule has 0 spiro atoms. The zero-order chi connectivity index (χ0) is 22.1. The van der Waals surface area contributed by atoms with Crippen LogP contribution in [0, 0.1) is 11.6 Å². The van der Waals surface area contributed by atoms with E-state index in [-0.39, 0.29) is 34.6 Å². The van der Waals surface area contributed by atoms with Crippen molar-refractivity contribution < 1.29 is 36.6 Å². The quantitative estimate of drug-likeness (QED) is 0.592. The number of pyridine rings is 1. The summed E-state index contributed by atoms with van der Waals surface area (Å²) in [5.41, 5.74) is -1.09. The maximum atomic E-state index is 14.3. The average Bonchev–Trinajstić information content (AvgIpc) is 2.71. The number of benzene rings is 2. The Morgan fingerprint density at radius 2 is 1.87 bits per heavy atom. The maximum absolute atomic E-state index is 14.3. The zero-order valence-electron chi connectivity index (χ0n) is 15.4. The lowest BCUT2D eigenvalue weighted by atomic mass is 10.1. The Balaban J connectivity index is 1.98. The smallest absolute Gasteiger partial charge is 0.416 e. The van der Waals surface area contributed by atoms with Crippen LogP contribution in [0.5, 0.6) is 11.5 Å². The zero-order valence-corrected chi connectivity index (χ0v) is 15.4. The third kappa shape index (κ3) is 4.48. The Hall–Kier alpha value is -3.27. The largest absolute Gasteiger partial charge is 0.455 e. The molecule has 3 aromatic rings. The van der Waals surface area contributed by atoms with E-state index < -0.39 is 35.3 Å². The van der Waals surface area contributed by atoms with E-state index in [0.29, 0.717) is 0 Å². The van der Waals surface area contributed by atoms with E-state index in [2.05, 4.69) is 10.3 Å². The number of carbonyl (C=O) groups excluding carboxylic acids is 1. The first kappa shape index (κ1) is 21.4. The van der Waals surface area contributed by atoms with E-state index in [9.17, 15) is 26.7 Å². The molecule has 0 saturated carbocycles. The third-order valence-electron chi connectivity index (χ3n) is 4.15. The Labute approximate surface area is 167 Å². The lowest BCUT2D eigenvalue weighted by Crippen LogP contribution is -2.35. The summed E-state index contributed by atoms with van der Waals surface area (Å²) < 4.78 is 71.8. The van der Waals surface area contributed by atoms with Crippen molar-refractivity contribution in [3.8, 4) is 11.5 Å². The van der Waals surface area contributed by atoms with E-state index in [1.54, 1.807) is 6.92 Å². The van der Waals surface area contributed by atoms with Crippen LogP contribution in [0.4, 0.5) is 22.0 Å². The minimum absolute atomic E-state index is 0.0456. The highest BCUT2D eigenvalue weighted by Crippen LogP contribution is 2.34. The topological polar surface area (TPSA) is 71.5 Å². The van der Waals surface area contributed by atoms with Gasteiger partial charge in [-0.2, -0.15) is 13.2 Å². The molecule has 3 rings (SSSR count). The molecular weight excluding hydrogens is 411 g/mol. The second-order valence-corrected chi connectivity index (χ2v) is 6.47. The van der Waals surface area contributed by atoms with Gasteiger partial charge >= 0.3 is 6.18 Å². The molecule has 0 radical (unpaired) electrons. The van der Waals surface area contributed by atoms with Gasteiger partial charge in [0.25, 0.3) is 5.91 Å². The van der Waals surface area contributed by atoms with E-state index >= 15 is 0 Å². The van der Waals surface area contributed by atoms with Gasteiger partial charge in [0.05, 0.1) is 17.7 Å². The van der Waals surface area contributed by atoms with Crippen LogP contribution in [-0.4, -0.2) is 28.6 Å². The van der Waals surface area contributed by atoms with E-state index in [0.717, 1.165) is 42.6 Å². The number of aliphatic hydroxyl groups excluding tert-OH is 1. The molecule has 30 heavy (non-hydrogen) atoms. The fraction of sp³-hybridized carbons (Fsp3) is 0.200. The molecule has 0 aliphatic carbocycles. The van der Waals surface area contributed by atoms with Crippen molar-refractivity contribution in [2.75, 3.05) is 6.61 Å². The van der Waals surface area contributed by atoms with Crippen molar-refractivity contribution in [2.45, 2.75) is 19.1 Å². The van der Waals surface area contributed by atoms with Gasteiger partial charge in [-0.25, -0.2) is 8.78 Å². The molecule has 1 amide bonds. The monoisotopic (exact) mass is 426 g/mol. The molecule has 0 fully saturated rings. The third-order valence-corrected chi connectivity index (χ3v) is 4.15. The van der Waals surface area contributed by atoms with Gasteiger partial charge in [-0.3, -0.25) is 9.78 Å². The molecule has 1 aromatic heterocycles. The highest BCUT2D eigenvalue weighted by atomic mass is 19.4. The van der Waals surface area contributed by atoms with E-state index in [1.807, 2.05) is 0 Å². The number of hydrogen-bond donors (Lipinski definition) is 2. The van der Waals surface area contributed by atoms with Crippen molar-refractivity contribution in [1.82, 2.24) is 10.3 Å². The lowest BCUT2D eigenvalue weighted by molar-refractivity contribution is -0.137. The number of rotatable bonds is 5. The second kappa shape index (κ2) is 8.23. The molecule has 1 unspecified atom stereocenters. The summed E-state index contributed by atoms with van der Waals surface area (Å²) in [4.78, 5) is 16.1. The Bertz CT molecular complexity index is 1080. The van der Waals surface area contributed by atoms with E-state index in [4.69, 9.17) is 9.84 Å². The fourth-order valence-corrected chi connectivity index (χ4v) is 2.60. The van der Waals surface area contributed by atoms with Crippen LogP contribution < -0.4 is 10.1 Å². The number of halogens is 5. The highest BCUT2D eigenvalue weighted by molar-refractivity contribution is 5.98. The number of hydrogen-bond acceptors (Lipinski definition) is 4. The SMILES string of the molecule is CC(CO)NC(=O)c1cnc2c(Oc3ccc(C(F)(F)F)cc3)cc(F)c(F)c2c1. The Morgan fingerprint density at radius 1 is 1.20 bits per heavy atom. The summed E-state index contributed by atoms with van der Waals surface area (Å²) in [5, 5.41) is 11.1. The summed E-state index contributed by atoms with van der Waals surface area (Å²) in [6, 6.07) is 4.87. The van der Waals surface area contributed by atoms with Gasteiger partial charge in [-0.15, -0.1) is 0 Å². The number of amides is 1. The molecular formula is C20H15F5N2O3. The number of ether oxygens (including phenoxy) is 1. The molecule has 158 valence electrons. The minimum Gasteiger partial charge on any atom is -0.455 e. The molecule has 0 saturated heterocycles. The highest BCUT2D eigenvalue weighted by Gasteiger charge is 2.30. The maximum Gasteiger partial charge on any atom is 0.416 e. The summed E-state index contributed by atoms with van der Waals surface area (Å²) in [6.45, 7) is 1.23. The minimum atomic E-state index is -4.53. The summed E-state index contributed by atoms with van der Waals surface area (Å²) >= 11 is 0. The molecule has 1 heterocycles. The summed E-state index contributed by atoms with van der Waals surface area (Å²) in [5.74, 6) is -3.48. The van der Waals surface area contributed by atoms with Gasteiger partial charge < -0.3 is 15.2 Å². The van der Waals surface area contributed by atoms with Crippen molar-refractivity contribution in [1.29, 1.82) is 0 Å². The normalized spacial score (nSPS) is 12.6. The number of alkyl halides is 3. The van der Waals surface area contributed by atoms with E-state index in [1.165, 1.54) is 0 Å². The van der Waals surface area contributed by atoms with Crippen LogP contribution in [0.1, 0.15) is 22.8 Å². The summed E-state index contributed by atoms with van der Waals surface area (Å²) in [6.07, 6.45) is -3.42. The lowest BCUT2D eigenvalue weighted by Gasteiger charge is -2.13. The van der Waals surface area contributed by atoms with Gasteiger partial charge in [0.1, 0.15) is 11.3 Å². The Morgan fingerprint density at radius 3 is 2.47 bits per heavy atom. The van der Waals surface area contributed by atoms with Crippen molar-refractivity contribution >= 4 is 16.8 Å². The number of carbonyl (C=O) groups is 1. The average molecular weight is 426 g/mol. The van der Waals surface area contributed by atoms with Crippen LogP contribution in [0.3, 0.4) is 0 Å².